The van der Waals surface area contributed by atoms with Crippen molar-refractivity contribution in [2.24, 2.45) is 0 Å². The van der Waals surface area contributed by atoms with Crippen molar-refractivity contribution in [1.82, 2.24) is 5.32 Å². The van der Waals surface area contributed by atoms with Crippen molar-refractivity contribution < 1.29 is 30.3 Å². The van der Waals surface area contributed by atoms with Crippen molar-refractivity contribution in [1.29, 1.82) is 0 Å². The molecule has 0 aliphatic heterocycles. The number of alkyl halides is 3. The lowest BCUT2D eigenvalue weighted by atomic mass is 10.1. The molecule has 9 heteroatoms. The van der Waals surface area contributed by atoms with E-state index >= 15 is 0 Å². The van der Waals surface area contributed by atoms with Crippen LogP contribution in [0.4, 0.5) is 17.1 Å². The number of rotatable bonds is 4. The van der Waals surface area contributed by atoms with Crippen LogP contribution < -0.4 is 5.32 Å². The van der Waals surface area contributed by atoms with Gasteiger partial charge in [0.05, 0.1) is 0 Å². The summed E-state index contributed by atoms with van der Waals surface area (Å²) in [6, 6.07) is 5.12. The Bertz CT molecular complexity index is 551. The molecule has 0 saturated heterocycles. The van der Waals surface area contributed by atoms with Gasteiger partial charge in [-0.15, -0.1) is 3.89 Å². The molecule has 0 atom stereocenters. The Hall–Kier alpha value is -1.64. The Morgan fingerprint density at radius 2 is 1.58 bits per heavy atom. The van der Waals surface area contributed by atoms with Gasteiger partial charge in [0, 0.05) is 6.54 Å². The summed E-state index contributed by atoms with van der Waals surface area (Å²) in [5.74, 6) is -2.87. The molecule has 0 aliphatic carbocycles. The van der Waals surface area contributed by atoms with E-state index in [2.05, 4.69) is 0 Å². The summed E-state index contributed by atoms with van der Waals surface area (Å²) >= 11 is 0. The van der Waals surface area contributed by atoms with Gasteiger partial charge in [-0.25, -0.2) is 0 Å². The van der Waals surface area contributed by atoms with Crippen molar-refractivity contribution in [3.05, 3.63) is 35.4 Å². The predicted octanol–water partition coefficient (Wildman–Crippen LogP) is 1.66. The monoisotopic (exact) mass is 299 g/mol. The van der Waals surface area contributed by atoms with Gasteiger partial charge < -0.3 is 5.32 Å². The van der Waals surface area contributed by atoms with E-state index in [0.717, 1.165) is 0 Å². The second-order valence-corrected chi connectivity index (χ2v) is 5.05. The fourth-order valence-corrected chi connectivity index (χ4v) is 1.83. The van der Waals surface area contributed by atoms with Gasteiger partial charge in [0.15, 0.2) is 0 Å². The number of nitrogens with one attached hydrogen (secondary N) is 1. The molecular formula is C10H9F4NO3S. The SMILES string of the molecule is O=C(NCc1ccc(CS(=O)(=O)F)cc1)C(F)(F)F. The maximum absolute atomic E-state index is 12.4. The molecule has 1 N–H and O–H groups in total. The lowest BCUT2D eigenvalue weighted by Gasteiger charge is -2.08. The predicted molar refractivity (Wildman–Crippen MR) is 58.1 cm³/mol. The summed E-state index contributed by atoms with van der Waals surface area (Å²) in [5.41, 5.74) is 0.492. The van der Waals surface area contributed by atoms with Crippen LogP contribution in [0.3, 0.4) is 0 Å². The Labute approximate surface area is 106 Å². The third-order valence-corrected chi connectivity index (χ3v) is 2.75. The third kappa shape index (κ3) is 5.69. The van der Waals surface area contributed by atoms with Crippen LogP contribution in [0.25, 0.3) is 0 Å². The first-order valence-corrected chi connectivity index (χ1v) is 6.48. The van der Waals surface area contributed by atoms with Gasteiger partial charge in [0.25, 0.3) is 0 Å². The van der Waals surface area contributed by atoms with Crippen LogP contribution in [0.15, 0.2) is 24.3 Å². The zero-order valence-electron chi connectivity index (χ0n) is 9.37. The van der Waals surface area contributed by atoms with Gasteiger partial charge >= 0.3 is 22.3 Å². The summed E-state index contributed by atoms with van der Waals surface area (Å²) in [6.07, 6.45) is -4.96. The van der Waals surface area contributed by atoms with E-state index < -0.39 is 28.1 Å². The van der Waals surface area contributed by atoms with E-state index in [0.29, 0.717) is 5.56 Å². The number of carbonyl (C=O) groups is 1. The molecule has 0 heterocycles. The van der Waals surface area contributed by atoms with Crippen LogP contribution in [0, 0.1) is 0 Å². The van der Waals surface area contributed by atoms with Crippen LogP contribution in [-0.2, 0) is 27.3 Å². The zero-order valence-corrected chi connectivity index (χ0v) is 10.2. The average Bonchev–Trinajstić information content (AvgIpc) is 2.24. The van der Waals surface area contributed by atoms with E-state index in [1.165, 1.54) is 24.3 Å². The molecule has 1 aromatic carbocycles. The highest BCUT2D eigenvalue weighted by atomic mass is 32.3. The molecule has 0 aliphatic rings. The van der Waals surface area contributed by atoms with Gasteiger partial charge in [-0.2, -0.15) is 21.6 Å². The maximum atomic E-state index is 12.4. The van der Waals surface area contributed by atoms with Crippen LogP contribution in [0.1, 0.15) is 11.1 Å². The van der Waals surface area contributed by atoms with Crippen molar-refractivity contribution in [3.8, 4) is 0 Å². The standard InChI is InChI=1S/C10H9F4NO3S/c11-10(12,13)9(16)15-5-7-1-3-8(4-2-7)6-19(14,17)18/h1-4H,5-6H2,(H,15,16). The molecule has 4 nitrogen and oxygen atoms in total. The van der Waals surface area contributed by atoms with Gasteiger partial charge in [-0.3, -0.25) is 4.79 Å². The van der Waals surface area contributed by atoms with E-state index in [9.17, 15) is 30.3 Å². The zero-order chi connectivity index (χ0) is 14.7. The number of amides is 1. The summed E-state index contributed by atoms with van der Waals surface area (Å²) in [6.45, 7) is -0.360. The summed E-state index contributed by atoms with van der Waals surface area (Å²) in [7, 11) is -4.65. The first-order valence-electron chi connectivity index (χ1n) is 4.93. The van der Waals surface area contributed by atoms with Crippen molar-refractivity contribution in [2.75, 3.05) is 0 Å². The van der Waals surface area contributed by atoms with E-state index in [1.54, 1.807) is 5.32 Å². The van der Waals surface area contributed by atoms with Gasteiger partial charge in [-0.1, -0.05) is 24.3 Å². The molecule has 1 aromatic rings. The molecule has 0 bridgehead atoms. The maximum Gasteiger partial charge on any atom is 0.471 e. The molecule has 1 rings (SSSR count). The molecule has 0 saturated carbocycles. The number of hydrogen-bond acceptors (Lipinski definition) is 3. The quantitative estimate of drug-likeness (QED) is 0.679. The minimum atomic E-state index is -4.96. The lowest BCUT2D eigenvalue weighted by molar-refractivity contribution is -0.173. The number of hydrogen-bond donors (Lipinski definition) is 1. The summed E-state index contributed by atoms with van der Waals surface area (Å²) in [5, 5.41) is 1.65. The van der Waals surface area contributed by atoms with Gasteiger partial charge in [0.1, 0.15) is 5.75 Å². The summed E-state index contributed by atoms with van der Waals surface area (Å²) in [4.78, 5) is 10.5. The van der Waals surface area contributed by atoms with Crippen molar-refractivity contribution in [2.45, 2.75) is 18.5 Å². The molecule has 1 amide bonds. The van der Waals surface area contributed by atoms with Crippen LogP contribution >= 0.6 is 0 Å². The highest BCUT2D eigenvalue weighted by molar-refractivity contribution is 7.85. The van der Waals surface area contributed by atoms with E-state index in [1.807, 2.05) is 0 Å². The Morgan fingerprint density at radius 3 is 2.00 bits per heavy atom. The van der Waals surface area contributed by atoms with Crippen molar-refractivity contribution in [3.63, 3.8) is 0 Å². The third-order valence-electron chi connectivity index (χ3n) is 2.07. The van der Waals surface area contributed by atoms with Gasteiger partial charge in [0.2, 0.25) is 0 Å². The van der Waals surface area contributed by atoms with Crippen molar-refractivity contribution >= 4 is 16.1 Å². The Morgan fingerprint density at radius 1 is 1.11 bits per heavy atom. The molecule has 0 spiro atoms. The summed E-state index contributed by atoms with van der Waals surface area (Å²) < 4.78 is 68.7. The molecule has 0 fully saturated rings. The highest BCUT2D eigenvalue weighted by Crippen LogP contribution is 2.15. The first-order chi connectivity index (χ1) is 8.58. The smallest absolute Gasteiger partial charge is 0.344 e. The second kappa shape index (κ2) is 5.55. The minimum absolute atomic E-state index is 0.161. The minimum Gasteiger partial charge on any atom is -0.344 e. The molecular weight excluding hydrogens is 290 g/mol. The van der Waals surface area contributed by atoms with E-state index in [4.69, 9.17) is 0 Å². The normalized spacial score (nSPS) is 12.2. The molecule has 0 unspecified atom stereocenters. The number of halogens is 4. The van der Waals surface area contributed by atoms with E-state index in [-0.39, 0.29) is 12.1 Å². The van der Waals surface area contributed by atoms with Crippen LogP contribution in [-0.4, -0.2) is 20.5 Å². The molecule has 0 aromatic heterocycles. The Balaban J connectivity index is 2.61. The number of benzene rings is 1. The lowest BCUT2D eigenvalue weighted by Crippen LogP contribution is -2.36. The fraction of sp³-hybridized carbons (Fsp3) is 0.300. The highest BCUT2D eigenvalue weighted by Gasteiger charge is 2.38. The Kier molecular flexibility index (Phi) is 4.51. The average molecular weight is 299 g/mol. The topological polar surface area (TPSA) is 63.2 Å². The fourth-order valence-electron chi connectivity index (χ4n) is 1.23. The van der Waals surface area contributed by atoms with Crippen LogP contribution in [0.2, 0.25) is 0 Å². The first kappa shape index (κ1) is 15.4. The number of carbonyl (C=O) groups excluding carboxylic acids is 1. The molecule has 19 heavy (non-hydrogen) atoms. The second-order valence-electron chi connectivity index (χ2n) is 3.68. The largest absolute Gasteiger partial charge is 0.471 e. The molecule has 106 valence electrons. The van der Waals surface area contributed by atoms with Crippen LogP contribution in [0.5, 0.6) is 0 Å². The molecule has 0 radical (unpaired) electrons. The van der Waals surface area contributed by atoms with Gasteiger partial charge in [-0.05, 0) is 11.1 Å².